The Morgan fingerprint density at radius 1 is 1.29 bits per heavy atom. The van der Waals surface area contributed by atoms with Gasteiger partial charge in [0.15, 0.2) is 0 Å². The summed E-state index contributed by atoms with van der Waals surface area (Å²) in [7, 11) is -1.03. The Balaban J connectivity index is 2.61. The lowest BCUT2D eigenvalue weighted by Gasteiger charge is -2.00. The Hall–Kier alpha value is -0.960. The largest absolute Gasteiger partial charge is 0.300 e. The van der Waals surface area contributed by atoms with E-state index in [1.165, 1.54) is 6.92 Å². The van der Waals surface area contributed by atoms with Crippen LogP contribution in [0.15, 0.2) is 29.2 Å². The molecular formula is C11H14O2S. The summed E-state index contributed by atoms with van der Waals surface area (Å²) >= 11 is 0. The zero-order chi connectivity index (χ0) is 10.6. The molecule has 1 rings (SSSR count). The zero-order valence-corrected chi connectivity index (χ0v) is 9.26. The standard InChI is InChI=1S/C11H14O2S/c1-9-3-5-11(6-4-9)14(13)8-7-10(2)12/h3-6H,7-8H2,1-2H3. The molecule has 1 unspecified atom stereocenters. The van der Waals surface area contributed by atoms with Crippen LogP contribution >= 0.6 is 0 Å². The molecule has 1 aromatic rings. The Bertz CT molecular complexity index is 341. The number of rotatable bonds is 4. The van der Waals surface area contributed by atoms with Gasteiger partial charge in [0, 0.05) is 17.1 Å². The Morgan fingerprint density at radius 2 is 1.86 bits per heavy atom. The predicted octanol–water partition coefficient (Wildman–Crippen LogP) is 2.08. The molecule has 0 aliphatic carbocycles. The molecule has 0 spiro atoms. The molecule has 0 aliphatic rings. The number of carbonyl (C=O) groups excluding carboxylic acids is 1. The summed E-state index contributed by atoms with van der Waals surface area (Å²) in [5.74, 6) is 0.517. The number of ketones is 1. The minimum absolute atomic E-state index is 0.0884. The predicted molar refractivity (Wildman–Crippen MR) is 57.8 cm³/mol. The van der Waals surface area contributed by atoms with Crippen molar-refractivity contribution in [2.24, 2.45) is 0 Å². The van der Waals surface area contributed by atoms with Gasteiger partial charge < -0.3 is 0 Å². The highest BCUT2D eigenvalue weighted by atomic mass is 32.2. The molecule has 3 heteroatoms. The van der Waals surface area contributed by atoms with Crippen molar-refractivity contribution in [3.8, 4) is 0 Å². The second-order valence-electron chi connectivity index (χ2n) is 3.31. The van der Waals surface area contributed by atoms with E-state index < -0.39 is 10.8 Å². The van der Waals surface area contributed by atoms with Gasteiger partial charge in [-0.15, -0.1) is 0 Å². The van der Waals surface area contributed by atoms with Crippen molar-refractivity contribution in [2.75, 3.05) is 5.75 Å². The van der Waals surface area contributed by atoms with E-state index in [0.717, 1.165) is 10.5 Å². The summed E-state index contributed by atoms with van der Waals surface area (Å²) in [6.45, 7) is 3.51. The van der Waals surface area contributed by atoms with Crippen molar-refractivity contribution < 1.29 is 9.00 Å². The van der Waals surface area contributed by atoms with Gasteiger partial charge >= 0.3 is 0 Å². The lowest BCUT2D eigenvalue weighted by Crippen LogP contribution is -2.02. The summed E-state index contributed by atoms with van der Waals surface area (Å²) in [5.41, 5.74) is 1.15. The van der Waals surface area contributed by atoms with Crippen LogP contribution in [0.3, 0.4) is 0 Å². The van der Waals surface area contributed by atoms with Crippen LogP contribution in [0.5, 0.6) is 0 Å². The molecule has 0 N–H and O–H groups in total. The van der Waals surface area contributed by atoms with Gasteiger partial charge in [-0.1, -0.05) is 17.7 Å². The molecule has 0 aliphatic heterocycles. The van der Waals surface area contributed by atoms with Crippen molar-refractivity contribution in [1.29, 1.82) is 0 Å². The van der Waals surface area contributed by atoms with Crippen molar-refractivity contribution in [2.45, 2.75) is 25.2 Å². The lowest BCUT2D eigenvalue weighted by molar-refractivity contribution is -0.116. The SMILES string of the molecule is CC(=O)CCS(=O)c1ccc(C)cc1. The first-order chi connectivity index (χ1) is 6.59. The first kappa shape index (κ1) is 11.1. The minimum atomic E-state index is -1.03. The van der Waals surface area contributed by atoms with E-state index in [1.54, 1.807) is 0 Å². The van der Waals surface area contributed by atoms with E-state index in [9.17, 15) is 9.00 Å². The maximum atomic E-state index is 11.6. The van der Waals surface area contributed by atoms with Crippen LogP contribution in [0.25, 0.3) is 0 Å². The molecule has 0 saturated carbocycles. The van der Waals surface area contributed by atoms with E-state index in [1.807, 2.05) is 31.2 Å². The van der Waals surface area contributed by atoms with Crippen LogP contribution in [0, 0.1) is 6.92 Å². The second-order valence-corrected chi connectivity index (χ2v) is 4.89. The summed E-state index contributed by atoms with van der Waals surface area (Å²) in [6, 6.07) is 7.57. The molecule has 14 heavy (non-hydrogen) atoms. The summed E-state index contributed by atoms with van der Waals surface area (Å²) < 4.78 is 11.6. The number of hydrogen-bond acceptors (Lipinski definition) is 2. The molecule has 0 heterocycles. The second kappa shape index (κ2) is 5.05. The smallest absolute Gasteiger partial charge is 0.130 e. The third-order valence-corrected chi connectivity index (χ3v) is 3.30. The highest BCUT2D eigenvalue weighted by Crippen LogP contribution is 2.09. The molecule has 1 aromatic carbocycles. The van der Waals surface area contributed by atoms with Crippen LogP contribution in [0.2, 0.25) is 0 Å². The molecule has 0 saturated heterocycles. The van der Waals surface area contributed by atoms with Crippen LogP contribution in [-0.2, 0) is 15.6 Å². The molecule has 0 bridgehead atoms. The average Bonchev–Trinajstić information content (AvgIpc) is 2.15. The molecule has 2 nitrogen and oxygen atoms in total. The highest BCUT2D eigenvalue weighted by Gasteiger charge is 2.04. The zero-order valence-electron chi connectivity index (χ0n) is 8.45. The van der Waals surface area contributed by atoms with E-state index >= 15 is 0 Å². The van der Waals surface area contributed by atoms with Crippen molar-refractivity contribution >= 4 is 16.6 Å². The third kappa shape index (κ3) is 3.42. The van der Waals surface area contributed by atoms with Crippen LogP contribution in [0.4, 0.5) is 0 Å². The third-order valence-electron chi connectivity index (χ3n) is 1.92. The first-order valence-corrected chi connectivity index (χ1v) is 5.86. The monoisotopic (exact) mass is 210 g/mol. The number of benzene rings is 1. The van der Waals surface area contributed by atoms with Gasteiger partial charge in [0.25, 0.3) is 0 Å². The first-order valence-electron chi connectivity index (χ1n) is 4.54. The minimum Gasteiger partial charge on any atom is -0.300 e. The molecule has 0 aromatic heterocycles. The molecule has 0 amide bonds. The van der Waals surface area contributed by atoms with Crippen LogP contribution in [0.1, 0.15) is 18.9 Å². The fraction of sp³-hybridized carbons (Fsp3) is 0.364. The lowest BCUT2D eigenvalue weighted by atomic mass is 10.2. The highest BCUT2D eigenvalue weighted by molar-refractivity contribution is 7.85. The normalized spacial score (nSPS) is 12.4. The van der Waals surface area contributed by atoms with Gasteiger partial charge in [0.2, 0.25) is 0 Å². The van der Waals surface area contributed by atoms with Gasteiger partial charge in [0.1, 0.15) is 5.78 Å². The quantitative estimate of drug-likeness (QED) is 0.762. The van der Waals surface area contributed by atoms with E-state index in [2.05, 4.69) is 0 Å². The fourth-order valence-corrected chi connectivity index (χ4v) is 2.19. The van der Waals surface area contributed by atoms with Crippen molar-refractivity contribution in [1.82, 2.24) is 0 Å². The van der Waals surface area contributed by atoms with Crippen LogP contribution < -0.4 is 0 Å². The number of carbonyl (C=O) groups is 1. The Labute approximate surface area is 86.8 Å². The fourth-order valence-electron chi connectivity index (χ4n) is 1.04. The van der Waals surface area contributed by atoms with Gasteiger partial charge in [0.05, 0.1) is 10.8 Å². The van der Waals surface area contributed by atoms with Gasteiger partial charge in [-0.25, -0.2) is 0 Å². The molecule has 1 atom stereocenters. The molecule has 0 fully saturated rings. The van der Waals surface area contributed by atoms with Gasteiger partial charge in [-0.2, -0.15) is 0 Å². The maximum Gasteiger partial charge on any atom is 0.130 e. The maximum absolute atomic E-state index is 11.6. The number of hydrogen-bond donors (Lipinski definition) is 0. The van der Waals surface area contributed by atoms with Gasteiger partial charge in [-0.05, 0) is 26.0 Å². The summed E-state index contributed by atoms with van der Waals surface area (Å²) in [6.07, 6.45) is 0.389. The molecule has 76 valence electrons. The Kier molecular flexibility index (Phi) is 4.01. The topological polar surface area (TPSA) is 34.1 Å². The van der Waals surface area contributed by atoms with Gasteiger partial charge in [-0.3, -0.25) is 9.00 Å². The summed E-state index contributed by atoms with van der Waals surface area (Å²) in [4.78, 5) is 11.5. The molecule has 0 radical (unpaired) electrons. The average molecular weight is 210 g/mol. The number of aryl methyl sites for hydroxylation is 1. The van der Waals surface area contributed by atoms with Crippen molar-refractivity contribution in [3.05, 3.63) is 29.8 Å². The molecular weight excluding hydrogens is 196 g/mol. The summed E-state index contributed by atoms with van der Waals surface area (Å²) in [5, 5.41) is 0. The van der Waals surface area contributed by atoms with E-state index in [-0.39, 0.29) is 5.78 Å². The van der Waals surface area contributed by atoms with E-state index in [4.69, 9.17) is 0 Å². The number of Topliss-reactive ketones (excluding diaryl/α,β-unsaturated/α-hetero) is 1. The van der Waals surface area contributed by atoms with E-state index in [0.29, 0.717) is 12.2 Å². The van der Waals surface area contributed by atoms with Crippen molar-refractivity contribution in [3.63, 3.8) is 0 Å². The Morgan fingerprint density at radius 3 is 2.36 bits per heavy atom. The van der Waals surface area contributed by atoms with Crippen LogP contribution in [-0.4, -0.2) is 15.7 Å².